The zero-order valence-corrected chi connectivity index (χ0v) is 15.4. The first-order valence-electron chi connectivity index (χ1n) is 8.34. The van der Waals surface area contributed by atoms with Crippen LogP contribution in [0.1, 0.15) is 32.9 Å². The first-order chi connectivity index (χ1) is 11.2. The minimum Gasteiger partial charge on any atom is -0.359 e. The first-order valence-corrected chi connectivity index (χ1v) is 8.34. The van der Waals surface area contributed by atoms with E-state index in [-0.39, 0.29) is 11.4 Å². The molecule has 0 aromatic carbocycles. The second kappa shape index (κ2) is 5.72. The van der Waals surface area contributed by atoms with E-state index in [1.165, 1.54) is 0 Å². The zero-order valence-electron chi connectivity index (χ0n) is 15.4. The Hall–Kier alpha value is -2.18. The van der Waals surface area contributed by atoms with Crippen LogP contribution in [-0.4, -0.2) is 56.2 Å². The Labute approximate surface area is 142 Å². The quantitative estimate of drug-likeness (QED) is 0.858. The summed E-state index contributed by atoms with van der Waals surface area (Å²) in [5, 5.41) is 5.43. The van der Waals surface area contributed by atoms with Crippen LogP contribution in [-0.2, 0) is 11.8 Å². The third-order valence-corrected chi connectivity index (χ3v) is 4.68. The molecule has 1 atom stereocenters. The van der Waals surface area contributed by atoms with E-state index in [1.807, 2.05) is 25.9 Å². The number of rotatable bonds is 3. The van der Waals surface area contributed by atoms with Crippen molar-refractivity contribution >= 4 is 22.8 Å². The minimum absolute atomic E-state index is 0.119. The van der Waals surface area contributed by atoms with Crippen molar-refractivity contribution in [1.82, 2.24) is 24.6 Å². The maximum absolute atomic E-state index is 12.3. The fourth-order valence-electron chi connectivity index (χ4n) is 3.57. The predicted molar refractivity (Wildman–Crippen MR) is 93.9 cm³/mol. The van der Waals surface area contributed by atoms with Gasteiger partial charge >= 0.3 is 0 Å². The van der Waals surface area contributed by atoms with Gasteiger partial charge in [0.2, 0.25) is 5.91 Å². The lowest BCUT2D eigenvalue weighted by Crippen LogP contribution is -2.42. The van der Waals surface area contributed by atoms with E-state index in [1.54, 1.807) is 11.0 Å². The molecule has 2 aromatic rings. The Kier molecular flexibility index (Phi) is 3.97. The molecular weight excluding hydrogens is 304 g/mol. The molecule has 2 aromatic heterocycles. The van der Waals surface area contributed by atoms with Gasteiger partial charge in [0, 0.05) is 45.1 Å². The smallest absolute Gasteiger partial charge is 0.223 e. The summed E-state index contributed by atoms with van der Waals surface area (Å²) in [6.07, 6.45) is 2.18. The number of nitrogens with zero attached hydrogens (tertiary/aromatic N) is 6. The second-order valence-electron chi connectivity index (χ2n) is 7.73. The molecule has 1 unspecified atom stereocenters. The molecule has 0 N–H and O–H groups in total. The number of likely N-dealkylation sites (tertiary alicyclic amines) is 1. The van der Waals surface area contributed by atoms with Crippen molar-refractivity contribution < 1.29 is 4.79 Å². The Morgan fingerprint density at radius 3 is 2.67 bits per heavy atom. The molecule has 1 amide bonds. The van der Waals surface area contributed by atoms with Crippen molar-refractivity contribution in [3.05, 3.63) is 12.0 Å². The lowest BCUT2D eigenvalue weighted by molar-refractivity contribution is -0.131. The molecule has 0 saturated carbocycles. The molecule has 24 heavy (non-hydrogen) atoms. The summed E-state index contributed by atoms with van der Waals surface area (Å²) in [6, 6.07) is 0. The van der Waals surface area contributed by atoms with Gasteiger partial charge in [-0.25, -0.2) is 9.97 Å². The fourth-order valence-corrected chi connectivity index (χ4v) is 3.57. The van der Waals surface area contributed by atoms with E-state index < -0.39 is 0 Å². The number of anilines is 1. The molecule has 1 aliphatic heterocycles. The van der Waals surface area contributed by atoms with Crippen molar-refractivity contribution in [2.75, 3.05) is 25.0 Å². The highest BCUT2D eigenvalue weighted by molar-refractivity contribution is 5.89. The van der Waals surface area contributed by atoms with E-state index in [0.717, 1.165) is 35.6 Å². The summed E-state index contributed by atoms with van der Waals surface area (Å²) in [5.74, 6) is 1.43. The maximum atomic E-state index is 12.3. The number of hydrogen-bond donors (Lipinski definition) is 0. The van der Waals surface area contributed by atoms with Crippen LogP contribution in [0.15, 0.2) is 6.33 Å². The van der Waals surface area contributed by atoms with Gasteiger partial charge in [-0.3, -0.25) is 9.48 Å². The standard InChI is InChI=1S/C17H26N6O/c1-11-14-15(18-10-19-16(14)22(6)20-11)21(5)8-12-7-13(24)23(9-12)17(2,3)4/h10,12H,7-9H2,1-6H3. The van der Waals surface area contributed by atoms with Crippen LogP contribution in [0.5, 0.6) is 0 Å². The highest BCUT2D eigenvalue weighted by Crippen LogP contribution is 2.29. The van der Waals surface area contributed by atoms with Crippen LogP contribution in [0.2, 0.25) is 0 Å². The number of aromatic nitrogens is 4. The van der Waals surface area contributed by atoms with Gasteiger partial charge in [-0.15, -0.1) is 0 Å². The van der Waals surface area contributed by atoms with Gasteiger partial charge < -0.3 is 9.80 Å². The monoisotopic (exact) mass is 330 g/mol. The van der Waals surface area contributed by atoms with Crippen LogP contribution in [0, 0.1) is 12.8 Å². The van der Waals surface area contributed by atoms with E-state index >= 15 is 0 Å². The molecule has 7 heteroatoms. The van der Waals surface area contributed by atoms with Gasteiger partial charge in [-0.1, -0.05) is 0 Å². The lowest BCUT2D eigenvalue weighted by Gasteiger charge is -2.32. The molecule has 1 aliphatic rings. The van der Waals surface area contributed by atoms with Crippen molar-refractivity contribution in [3.63, 3.8) is 0 Å². The number of amides is 1. The molecule has 1 fully saturated rings. The molecule has 3 heterocycles. The molecule has 130 valence electrons. The zero-order chi connectivity index (χ0) is 17.6. The van der Waals surface area contributed by atoms with E-state index in [9.17, 15) is 4.79 Å². The fraction of sp³-hybridized carbons (Fsp3) is 0.647. The SMILES string of the molecule is Cc1nn(C)c2ncnc(N(C)CC3CC(=O)N(C(C)(C)C)C3)c12. The number of carbonyl (C=O) groups is 1. The highest BCUT2D eigenvalue weighted by Gasteiger charge is 2.36. The molecular formula is C17H26N6O. The topological polar surface area (TPSA) is 67.2 Å². The molecule has 1 saturated heterocycles. The maximum Gasteiger partial charge on any atom is 0.223 e. The Bertz CT molecular complexity index is 775. The van der Waals surface area contributed by atoms with Crippen molar-refractivity contribution in [2.45, 2.75) is 39.7 Å². The van der Waals surface area contributed by atoms with Gasteiger partial charge in [-0.2, -0.15) is 5.10 Å². The van der Waals surface area contributed by atoms with Crippen LogP contribution < -0.4 is 4.90 Å². The summed E-state index contributed by atoms with van der Waals surface area (Å²) in [7, 11) is 3.92. The molecule has 7 nitrogen and oxygen atoms in total. The summed E-state index contributed by atoms with van der Waals surface area (Å²) in [6.45, 7) is 9.83. The van der Waals surface area contributed by atoms with Gasteiger partial charge in [0.05, 0.1) is 11.1 Å². The van der Waals surface area contributed by atoms with E-state index in [2.05, 4.69) is 40.7 Å². The van der Waals surface area contributed by atoms with Gasteiger partial charge in [-0.05, 0) is 27.7 Å². The molecule has 0 spiro atoms. The van der Waals surface area contributed by atoms with Crippen LogP contribution in [0.4, 0.5) is 5.82 Å². The van der Waals surface area contributed by atoms with Crippen molar-refractivity contribution in [3.8, 4) is 0 Å². The summed E-state index contributed by atoms with van der Waals surface area (Å²) < 4.78 is 1.78. The lowest BCUT2D eigenvalue weighted by atomic mass is 10.1. The number of fused-ring (bicyclic) bond motifs is 1. The van der Waals surface area contributed by atoms with Crippen molar-refractivity contribution in [2.24, 2.45) is 13.0 Å². The third-order valence-electron chi connectivity index (χ3n) is 4.68. The largest absolute Gasteiger partial charge is 0.359 e. The molecule has 0 bridgehead atoms. The third kappa shape index (κ3) is 2.83. The highest BCUT2D eigenvalue weighted by atomic mass is 16.2. The average Bonchev–Trinajstić information content (AvgIpc) is 2.99. The molecule has 0 radical (unpaired) electrons. The minimum atomic E-state index is -0.119. The molecule has 3 rings (SSSR count). The Morgan fingerprint density at radius 1 is 1.33 bits per heavy atom. The average molecular weight is 330 g/mol. The summed E-state index contributed by atoms with van der Waals surface area (Å²) >= 11 is 0. The molecule has 0 aliphatic carbocycles. The summed E-state index contributed by atoms with van der Waals surface area (Å²) in [4.78, 5) is 25.2. The first kappa shape index (κ1) is 16.7. The van der Waals surface area contributed by atoms with Crippen LogP contribution in [0.25, 0.3) is 11.0 Å². The normalized spacial score (nSPS) is 18.7. The number of carbonyl (C=O) groups excluding carboxylic acids is 1. The summed E-state index contributed by atoms with van der Waals surface area (Å²) in [5.41, 5.74) is 1.64. The number of aryl methyl sites for hydroxylation is 2. The van der Waals surface area contributed by atoms with Gasteiger partial charge in [0.25, 0.3) is 0 Å². The van der Waals surface area contributed by atoms with E-state index in [4.69, 9.17) is 0 Å². The second-order valence-corrected chi connectivity index (χ2v) is 7.73. The van der Waals surface area contributed by atoms with Gasteiger partial charge in [0.15, 0.2) is 5.65 Å². The van der Waals surface area contributed by atoms with E-state index in [0.29, 0.717) is 12.3 Å². The Balaban J connectivity index is 1.82. The number of hydrogen-bond acceptors (Lipinski definition) is 5. The van der Waals surface area contributed by atoms with Crippen LogP contribution >= 0.6 is 0 Å². The van der Waals surface area contributed by atoms with Gasteiger partial charge in [0.1, 0.15) is 12.1 Å². The Morgan fingerprint density at radius 2 is 2.04 bits per heavy atom. The predicted octanol–water partition coefficient (Wildman–Crippen LogP) is 1.75. The van der Waals surface area contributed by atoms with Crippen molar-refractivity contribution in [1.29, 1.82) is 0 Å². The van der Waals surface area contributed by atoms with Crippen LogP contribution in [0.3, 0.4) is 0 Å².